The van der Waals surface area contributed by atoms with Gasteiger partial charge < -0.3 is 14.7 Å². The van der Waals surface area contributed by atoms with Gasteiger partial charge >= 0.3 is 5.97 Å². The van der Waals surface area contributed by atoms with Crippen molar-refractivity contribution in [3.63, 3.8) is 0 Å². The van der Waals surface area contributed by atoms with Crippen LogP contribution in [0.1, 0.15) is 33.6 Å². The second-order valence-electron chi connectivity index (χ2n) is 4.92. The Kier molecular flexibility index (Phi) is 5.22. The SMILES string of the molecule is CC(C)OC(=O)CCN1CCC(C)C(O)C1. The smallest absolute Gasteiger partial charge is 0.307 e. The Morgan fingerprint density at radius 1 is 1.56 bits per heavy atom. The zero-order valence-corrected chi connectivity index (χ0v) is 10.5. The summed E-state index contributed by atoms with van der Waals surface area (Å²) < 4.78 is 5.06. The predicted molar refractivity (Wildman–Crippen MR) is 62.1 cm³/mol. The molecule has 0 saturated carbocycles. The average molecular weight is 229 g/mol. The lowest BCUT2D eigenvalue weighted by atomic mass is 9.96. The van der Waals surface area contributed by atoms with Gasteiger partial charge in [-0.2, -0.15) is 0 Å². The Labute approximate surface area is 97.6 Å². The molecule has 4 nitrogen and oxygen atoms in total. The van der Waals surface area contributed by atoms with Crippen LogP contribution in [0.2, 0.25) is 0 Å². The van der Waals surface area contributed by atoms with Crippen molar-refractivity contribution in [2.45, 2.75) is 45.8 Å². The van der Waals surface area contributed by atoms with Crippen LogP contribution in [0.15, 0.2) is 0 Å². The van der Waals surface area contributed by atoms with Crippen LogP contribution in [-0.2, 0) is 9.53 Å². The fourth-order valence-electron chi connectivity index (χ4n) is 1.89. The summed E-state index contributed by atoms with van der Waals surface area (Å²) >= 11 is 0. The van der Waals surface area contributed by atoms with Crippen LogP contribution in [0.3, 0.4) is 0 Å². The van der Waals surface area contributed by atoms with Gasteiger partial charge in [0.2, 0.25) is 0 Å². The highest BCUT2D eigenvalue weighted by atomic mass is 16.5. The third-order valence-corrected chi connectivity index (χ3v) is 3.00. The molecule has 1 N–H and O–H groups in total. The van der Waals surface area contributed by atoms with Crippen LogP contribution >= 0.6 is 0 Å². The van der Waals surface area contributed by atoms with E-state index >= 15 is 0 Å². The summed E-state index contributed by atoms with van der Waals surface area (Å²) in [5, 5.41) is 9.70. The number of β-amino-alcohol motifs (C(OH)–C–C–N with tert-alkyl or cyclic N) is 1. The van der Waals surface area contributed by atoms with Gasteiger partial charge in [-0.25, -0.2) is 0 Å². The molecule has 0 bridgehead atoms. The number of hydrogen-bond donors (Lipinski definition) is 1. The molecular weight excluding hydrogens is 206 g/mol. The number of likely N-dealkylation sites (tertiary alicyclic amines) is 1. The number of carbonyl (C=O) groups is 1. The second kappa shape index (κ2) is 6.21. The lowest BCUT2D eigenvalue weighted by Crippen LogP contribution is -2.43. The lowest BCUT2D eigenvalue weighted by molar-refractivity contribution is -0.148. The minimum absolute atomic E-state index is 0.0422. The van der Waals surface area contributed by atoms with Gasteiger partial charge in [-0.15, -0.1) is 0 Å². The molecule has 0 radical (unpaired) electrons. The monoisotopic (exact) mass is 229 g/mol. The van der Waals surface area contributed by atoms with Crippen molar-refractivity contribution in [1.82, 2.24) is 4.90 Å². The Balaban J connectivity index is 2.20. The molecule has 1 aliphatic rings. The summed E-state index contributed by atoms with van der Waals surface area (Å²) in [6.07, 6.45) is 1.12. The summed E-state index contributed by atoms with van der Waals surface area (Å²) in [6, 6.07) is 0. The molecule has 94 valence electrons. The first kappa shape index (κ1) is 13.5. The second-order valence-corrected chi connectivity index (χ2v) is 4.92. The molecule has 0 aromatic heterocycles. The quantitative estimate of drug-likeness (QED) is 0.732. The Morgan fingerprint density at radius 2 is 2.25 bits per heavy atom. The Bertz CT molecular complexity index is 230. The molecule has 1 fully saturated rings. The molecular formula is C12H23NO3. The fourth-order valence-corrected chi connectivity index (χ4v) is 1.89. The lowest BCUT2D eigenvalue weighted by Gasteiger charge is -2.33. The fraction of sp³-hybridized carbons (Fsp3) is 0.917. The van der Waals surface area contributed by atoms with Crippen molar-refractivity contribution in [3.8, 4) is 0 Å². The maximum absolute atomic E-state index is 11.3. The normalized spacial score (nSPS) is 27.1. The standard InChI is InChI=1S/C12H23NO3/c1-9(2)16-12(15)5-7-13-6-4-10(3)11(14)8-13/h9-11,14H,4-8H2,1-3H3. The number of aliphatic hydroxyl groups is 1. The summed E-state index contributed by atoms with van der Waals surface area (Å²) in [6.45, 7) is 8.10. The topological polar surface area (TPSA) is 49.8 Å². The van der Waals surface area contributed by atoms with Crippen LogP contribution < -0.4 is 0 Å². The van der Waals surface area contributed by atoms with Gasteiger partial charge in [0.15, 0.2) is 0 Å². The number of esters is 1. The number of hydrogen-bond acceptors (Lipinski definition) is 4. The van der Waals surface area contributed by atoms with Gasteiger partial charge in [0.05, 0.1) is 18.6 Å². The number of nitrogens with zero attached hydrogens (tertiary/aromatic N) is 1. The molecule has 1 aliphatic heterocycles. The van der Waals surface area contributed by atoms with Gasteiger partial charge in [0, 0.05) is 13.1 Å². The van der Waals surface area contributed by atoms with Crippen molar-refractivity contribution in [3.05, 3.63) is 0 Å². The highest BCUT2D eigenvalue weighted by Gasteiger charge is 2.24. The third kappa shape index (κ3) is 4.49. The third-order valence-electron chi connectivity index (χ3n) is 3.00. The van der Waals surface area contributed by atoms with Crippen molar-refractivity contribution < 1.29 is 14.6 Å². The average Bonchev–Trinajstić information content (AvgIpc) is 2.19. The summed E-state index contributed by atoms with van der Waals surface area (Å²) in [4.78, 5) is 13.5. The number of piperidine rings is 1. The Morgan fingerprint density at radius 3 is 2.81 bits per heavy atom. The molecule has 2 atom stereocenters. The molecule has 0 aromatic carbocycles. The molecule has 16 heavy (non-hydrogen) atoms. The van der Waals surface area contributed by atoms with E-state index in [0.29, 0.717) is 25.4 Å². The van der Waals surface area contributed by atoms with Crippen molar-refractivity contribution in [2.24, 2.45) is 5.92 Å². The largest absolute Gasteiger partial charge is 0.463 e. The van der Waals surface area contributed by atoms with E-state index in [0.717, 1.165) is 13.0 Å². The van der Waals surface area contributed by atoms with E-state index < -0.39 is 0 Å². The van der Waals surface area contributed by atoms with Crippen LogP contribution in [0.4, 0.5) is 0 Å². The van der Waals surface area contributed by atoms with Crippen LogP contribution in [0.25, 0.3) is 0 Å². The van der Waals surface area contributed by atoms with E-state index in [1.807, 2.05) is 13.8 Å². The van der Waals surface area contributed by atoms with Gasteiger partial charge in [0.25, 0.3) is 0 Å². The van der Waals surface area contributed by atoms with E-state index in [4.69, 9.17) is 4.74 Å². The van der Waals surface area contributed by atoms with E-state index in [1.165, 1.54) is 0 Å². The van der Waals surface area contributed by atoms with Crippen LogP contribution in [0, 0.1) is 5.92 Å². The Hall–Kier alpha value is -0.610. The molecule has 2 unspecified atom stereocenters. The van der Waals surface area contributed by atoms with Gasteiger partial charge in [-0.3, -0.25) is 4.79 Å². The van der Waals surface area contributed by atoms with Crippen LogP contribution in [0.5, 0.6) is 0 Å². The van der Waals surface area contributed by atoms with E-state index in [2.05, 4.69) is 11.8 Å². The molecule has 0 spiro atoms. The summed E-state index contributed by atoms with van der Waals surface area (Å²) in [7, 11) is 0. The van der Waals surface area contributed by atoms with E-state index in [1.54, 1.807) is 0 Å². The first-order valence-corrected chi connectivity index (χ1v) is 6.09. The maximum atomic E-state index is 11.3. The van der Waals surface area contributed by atoms with Gasteiger partial charge in [0.1, 0.15) is 0 Å². The highest BCUT2D eigenvalue weighted by Crippen LogP contribution is 2.16. The minimum Gasteiger partial charge on any atom is -0.463 e. The molecule has 1 rings (SSSR count). The number of aliphatic hydroxyl groups excluding tert-OH is 1. The van der Waals surface area contributed by atoms with Crippen LogP contribution in [-0.4, -0.2) is 47.8 Å². The predicted octanol–water partition coefficient (Wildman–Crippen LogP) is 1.03. The van der Waals surface area contributed by atoms with Gasteiger partial charge in [-0.05, 0) is 32.7 Å². The number of rotatable bonds is 4. The minimum atomic E-state index is -0.255. The summed E-state index contributed by atoms with van der Waals surface area (Å²) in [5.41, 5.74) is 0. The van der Waals surface area contributed by atoms with E-state index in [-0.39, 0.29) is 18.2 Å². The highest BCUT2D eigenvalue weighted by molar-refractivity contribution is 5.69. The zero-order chi connectivity index (χ0) is 12.1. The van der Waals surface area contributed by atoms with Gasteiger partial charge in [-0.1, -0.05) is 6.92 Å². The summed E-state index contributed by atoms with van der Waals surface area (Å²) in [5.74, 6) is 0.224. The molecule has 0 aliphatic carbocycles. The van der Waals surface area contributed by atoms with Crippen molar-refractivity contribution >= 4 is 5.97 Å². The molecule has 0 amide bonds. The van der Waals surface area contributed by atoms with E-state index in [9.17, 15) is 9.90 Å². The number of carbonyl (C=O) groups excluding carboxylic acids is 1. The number of ether oxygens (including phenoxy) is 1. The molecule has 1 saturated heterocycles. The molecule has 0 aromatic rings. The first-order chi connectivity index (χ1) is 7.49. The van der Waals surface area contributed by atoms with Crippen molar-refractivity contribution in [2.75, 3.05) is 19.6 Å². The maximum Gasteiger partial charge on any atom is 0.307 e. The van der Waals surface area contributed by atoms with Crippen molar-refractivity contribution in [1.29, 1.82) is 0 Å². The molecule has 1 heterocycles. The molecule has 4 heteroatoms. The first-order valence-electron chi connectivity index (χ1n) is 6.09. The zero-order valence-electron chi connectivity index (χ0n) is 10.5.